The largest absolute Gasteiger partial charge is 0.478 e. The summed E-state index contributed by atoms with van der Waals surface area (Å²) >= 11 is 0. The van der Waals surface area contributed by atoms with Gasteiger partial charge < -0.3 is 5.11 Å². The Bertz CT molecular complexity index is 930. The third-order valence-electron chi connectivity index (χ3n) is 3.25. The van der Waals surface area contributed by atoms with Gasteiger partial charge in [0.15, 0.2) is 0 Å². The van der Waals surface area contributed by atoms with E-state index in [2.05, 4.69) is 15.0 Å². The van der Waals surface area contributed by atoms with Crippen LogP contribution in [0.2, 0.25) is 0 Å². The van der Waals surface area contributed by atoms with Crippen LogP contribution in [-0.2, 0) is 0 Å². The molecule has 0 aliphatic carbocycles. The van der Waals surface area contributed by atoms with Crippen molar-refractivity contribution in [1.82, 2.24) is 4.98 Å². The number of aromatic carboxylic acids is 1. The van der Waals surface area contributed by atoms with Crippen LogP contribution in [0.1, 0.15) is 10.4 Å². The number of azide groups is 1. The van der Waals surface area contributed by atoms with E-state index < -0.39 is 5.97 Å². The van der Waals surface area contributed by atoms with Crippen molar-refractivity contribution in [1.29, 1.82) is 0 Å². The molecule has 1 aromatic heterocycles. The molecule has 3 aromatic rings. The van der Waals surface area contributed by atoms with Gasteiger partial charge in [0.1, 0.15) is 0 Å². The van der Waals surface area contributed by atoms with Gasteiger partial charge in [-0.1, -0.05) is 41.5 Å². The van der Waals surface area contributed by atoms with Gasteiger partial charge in [0.25, 0.3) is 0 Å². The van der Waals surface area contributed by atoms with E-state index in [1.165, 1.54) is 6.07 Å². The molecule has 2 aromatic carbocycles. The number of hydrogen-bond acceptors (Lipinski definition) is 3. The summed E-state index contributed by atoms with van der Waals surface area (Å²) in [5, 5.41) is 13.5. The van der Waals surface area contributed by atoms with E-state index in [9.17, 15) is 9.90 Å². The third kappa shape index (κ3) is 2.46. The zero-order chi connectivity index (χ0) is 15.5. The number of nitrogens with zero attached hydrogens (tertiary/aromatic N) is 4. The normalized spacial score (nSPS) is 10.2. The number of hydrogen-bond donors (Lipinski definition) is 1. The Morgan fingerprint density at radius 3 is 2.73 bits per heavy atom. The number of pyridine rings is 1. The SMILES string of the molecule is [N-]=[N+]=Nc1cccc(-c2cc(C(=O)O)c3ccccc3n2)c1. The molecule has 0 aliphatic rings. The average molecular weight is 290 g/mol. The van der Waals surface area contributed by atoms with E-state index in [1.54, 1.807) is 48.5 Å². The molecule has 6 heteroatoms. The Hall–Kier alpha value is -3.37. The summed E-state index contributed by atoms with van der Waals surface area (Å²) in [6.45, 7) is 0. The first kappa shape index (κ1) is 13.6. The number of para-hydroxylation sites is 1. The Balaban J connectivity index is 2.25. The lowest BCUT2D eigenvalue weighted by Crippen LogP contribution is -2.00. The van der Waals surface area contributed by atoms with Crippen molar-refractivity contribution >= 4 is 22.6 Å². The fraction of sp³-hybridized carbons (Fsp3) is 0. The van der Waals surface area contributed by atoms with Gasteiger partial charge in [0.05, 0.1) is 16.8 Å². The minimum Gasteiger partial charge on any atom is -0.478 e. The van der Waals surface area contributed by atoms with Crippen molar-refractivity contribution < 1.29 is 9.90 Å². The summed E-state index contributed by atoms with van der Waals surface area (Å²) in [5.41, 5.74) is 11.0. The van der Waals surface area contributed by atoms with Crippen molar-refractivity contribution in [3.63, 3.8) is 0 Å². The summed E-state index contributed by atoms with van der Waals surface area (Å²) in [7, 11) is 0. The summed E-state index contributed by atoms with van der Waals surface area (Å²) in [5.74, 6) is -1.01. The Morgan fingerprint density at radius 2 is 1.95 bits per heavy atom. The molecule has 0 atom stereocenters. The zero-order valence-electron chi connectivity index (χ0n) is 11.3. The van der Waals surface area contributed by atoms with Gasteiger partial charge in [-0.3, -0.25) is 0 Å². The van der Waals surface area contributed by atoms with Crippen LogP contribution in [0, 0.1) is 0 Å². The highest BCUT2D eigenvalue weighted by Gasteiger charge is 2.12. The van der Waals surface area contributed by atoms with Gasteiger partial charge in [0, 0.05) is 21.5 Å². The molecule has 0 fully saturated rings. The molecule has 0 saturated carbocycles. The first-order chi connectivity index (χ1) is 10.7. The third-order valence-corrected chi connectivity index (χ3v) is 3.25. The first-order valence-corrected chi connectivity index (χ1v) is 6.47. The van der Waals surface area contributed by atoms with Crippen molar-refractivity contribution in [2.24, 2.45) is 5.11 Å². The van der Waals surface area contributed by atoms with Crippen LogP contribution < -0.4 is 0 Å². The number of fused-ring (bicyclic) bond motifs is 1. The second kappa shape index (κ2) is 5.55. The Morgan fingerprint density at radius 1 is 1.14 bits per heavy atom. The maximum atomic E-state index is 11.5. The molecule has 6 nitrogen and oxygen atoms in total. The highest BCUT2D eigenvalue weighted by atomic mass is 16.4. The number of benzene rings is 2. The van der Waals surface area contributed by atoms with Crippen LogP contribution in [0.25, 0.3) is 32.6 Å². The van der Waals surface area contributed by atoms with Gasteiger partial charge in [-0.05, 0) is 23.7 Å². The second-order valence-electron chi connectivity index (χ2n) is 4.62. The molecule has 3 rings (SSSR count). The highest BCUT2D eigenvalue weighted by molar-refractivity contribution is 6.03. The molecular formula is C16H10N4O2. The van der Waals surface area contributed by atoms with Crippen LogP contribution >= 0.6 is 0 Å². The Labute approximate surface area is 125 Å². The molecule has 1 heterocycles. The van der Waals surface area contributed by atoms with Gasteiger partial charge in [-0.2, -0.15) is 0 Å². The van der Waals surface area contributed by atoms with Gasteiger partial charge in [-0.25, -0.2) is 9.78 Å². The van der Waals surface area contributed by atoms with Crippen LogP contribution in [-0.4, -0.2) is 16.1 Å². The second-order valence-corrected chi connectivity index (χ2v) is 4.62. The molecular weight excluding hydrogens is 280 g/mol. The number of carboxylic acid groups (broad SMARTS) is 1. The number of aromatic nitrogens is 1. The molecule has 0 spiro atoms. The molecule has 1 N–H and O–H groups in total. The molecule has 106 valence electrons. The van der Waals surface area contributed by atoms with Crippen molar-refractivity contribution in [2.45, 2.75) is 0 Å². The van der Waals surface area contributed by atoms with E-state index in [-0.39, 0.29) is 5.56 Å². The molecule has 22 heavy (non-hydrogen) atoms. The van der Waals surface area contributed by atoms with Crippen LogP contribution in [0.3, 0.4) is 0 Å². The molecule has 0 bridgehead atoms. The quantitative estimate of drug-likeness (QED) is 0.435. The van der Waals surface area contributed by atoms with Crippen LogP contribution in [0.4, 0.5) is 5.69 Å². The number of carboxylic acids is 1. The minimum atomic E-state index is -1.01. The topological polar surface area (TPSA) is 99.0 Å². The average Bonchev–Trinajstić information content (AvgIpc) is 2.54. The first-order valence-electron chi connectivity index (χ1n) is 6.47. The van der Waals surface area contributed by atoms with Crippen molar-refractivity contribution in [2.75, 3.05) is 0 Å². The van der Waals surface area contributed by atoms with Gasteiger partial charge in [0.2, 0.25) is 0 Å². The van der Waals surface area contributed by atoms with Gasteiger partial charge >= 0.3 is 5.97 Å². The fourth-order valence-electron chi connectivity index (χ4n) is 2.28. The van der Waals surface area contributed by atoms with Crippen LogP contribution in [0.5, 0.6) is 0 Å². The lowest BCUT2D eigenvalue weighted by Gasteiger charge is -2.07. The molecule has 0 unspecified atom stereocenters. The molecule has 0 amide bonds. The van der Waals surface area contributed by atoms with Crippen LogP contribution in [0.15, 0.2) is 59.7 Å². The highest BCUT2D eigenvalue weighted by Crippen LogP contribution is 2.27. The van der Waals surface area contributed by atoms with E-state index in [1.807, 2.05) is 0 Å². The summed E-state index contributed by atoms with van der Waals surface area (Å²) < 4.78 is 0. The van der Waals surface area contributed by atoms with Crippen molar-refractivity contribution in [3.8, 4) is 11.3 Å². The predicted molar refractivity (Wildman–Crippen MR) is 82.9 cm³/mol. The van der Waals surface area contributed by atoms with E-state index in [0.29, 0.717) is 27.8 Å². The number of carbonyl (C=O) groups is 1. The standard InChI is InChI=1S/C16H10N4O2/c17-20-19-11-5-3-4-10(8-11)15-9-13(16(21)22)12-6-1-2-7-14(12)18-15/h1-9H,(H,21,22). The summed E-state index contributed by atoms with van der Waals surface area (Å²) in [4.78, 5) is 18.7. The Kier molecular flexibility index (Phi) is 3.43. The lowest BCUT2D eigenvalue weighted by atomic mass is 10.0. The smallest absolute Gasteiger partial charge is 0.336 e. The predicted octanol–water partition coefficient (Wildman–Crippen LogP) is 4.54. The number of rotatable bonds is 3. The van der Waals surface area contributed by atoms with Crippen molar-refractivity contribution in [3.05, 3.63) is 70.6 Å². The van der Waals surface area contributed by atoms with E-state index in [4.69, 9.17) is 5.53 Å². The molecule has 0 aliphatic heterocycles. The minimum absolute atomic E-state index is 0.190. The lowest BCUT2D eigenvalue weighted by molar-refractivity contribution is 0.0699. The monoisotopic (exact) mass is 290 g/mol. The fourth-order valence-corrected chi connectivity index (χ4v) is 2.28. The summed E-state index contributed by atoms with van der Waals surface area (Å²) in [6.07, 6.45) is 0. The maximum Gasteiger partial charge on any atom is 0.336 e. The summed E-state index contributed by atoms with van der Waals surface area (Å²) in [6, 6.07) is 15.5. The zero-order valence-corrected chi connectivity index (χ0v) is 11.3. The van der Waals surface area contributed by atoms with Gasteiger partial charge in [-0.15, -0.1) is 0 Å². The van der Waals surface area contributed by atoms with E-state index in [0.717, 1.165) is 0 Å². The maximum absolute atomic E-state index is 11.5. The van der Waals surface area contributed by atoms with E-state index >= 15 is 0 Å². The molecule has 0 radical (unpaired) electrons. The molecule has 0 saturated heterocycles.